The second-order valence-corrected chi connectivity index (χ2v) is 3.86. The predicted octanol–water partition coefficient (Wildman–Crippen LogP) is 1.59. The largest absolute Gasteiger partial charge is 0.461 e. The Balaban J connectivity index is 2.52. The third-order valence-corrected chi connectivity index (χ3v) is 2.65. The number of carbonyl (C=O) groups is 1. The average molecular weight is 260 g/mol. The fourth-order valence-corrected chi connectivity index (χ4v) is 1.81. The number of hydrogen-bond donors (Lipinski definition) is 1. The molecule has 0 spiro atoms. The number of nitrogens with two attached hydrogens (primary N) is 1. The van der Waals surface area contributed by atoms with Crippen molar-refractivity contribution in [2.75, 3.05) is 12.3 Å². The normalized spacial score (nSPS) is 10.4. The lowest BCUT2D eigenvalue weighted by Gasteiger charge is -2.07. The lowest BCUT2D eigenvalue weighted by molar-refractivity contribution is 0.0521. The summed E-state index contributed by atoms with van der Waals surface area (Å²) in [4.78, 5) is 20.3. The number of nitrogens with zero attached hydrogens (tertiary/aromatic N) is 3. The molecule has 0 aromatic carbocycles. The summed E-state index contributed by atoms with van der Waals surface area (Å²) in [7, 11) is 0. The molecule has 0 radical (unpaired) electrons. The van der Waals surface area contributed by atoms with E-state index in [1.165, 1.54) is 0 Å². The van der Waals surface area contributed by atoms with Crippen LogP contribution in [0.5, 0.6) is 0 Å². The number of imidazole rings is 1. The second-order valence-electron chi connectivity index (χ2n) is 3.86. The van der Waals surface area contributed by atoms with Gasteiger partial charge in [0.2, 0.25) is 0 Å². The zero-order chi connectivity index (χ0) is 13.8. The quantitative estimate of drug-likeness (QED) is 0.844. The first kappa shape index (κ1) is 13.1. The molecule has 2 N–H and O–H groups in total. The van der Waals surface area contributed by atoms with Crippen molar-refractivity contribution in [2.24, 2.45) is 0 Å². The molecule has 6 nitrogen and oxygen atoms in total. The van der Waals surface area contributed by atoms with Crippen molar-refractivity contribution >= 4 is 11.8 Å². The molecule has 2 aromatic rings. The van der Waals surface area contributed by atoms with E-state index in [0.717, 1.165) is 0 Å². The number of hydrogen-bond acceptors (Lipinski definition) is 5. The summed E-state index contributed by atoms with van der Waals surface area (Å²) in [5.41, 5.74) is 6.15. The third-order valence-electron chi connectivity index (χ3n) is 2.65. The number of nitrogen functional groups attached to an aromatic ring is 1. The van der Waals surface area contributed by atoms with Crippen molar-refractivity contribution in [3.8, 4) is 5.82 Å². The molecule has 2 rings (SSSR count). The fourth-order valence-electron chi connectivity index (χ4n) is 1.81. The molecule has 2 heterocycles. The number of aromatic nitrogens is 3. The molecule has 0 unspecified atom stereocenters. The van der Waals surface area contributed by atoms with Gasteiger partial charge in [0.05, 0.1) is 6.61 Å². The first-order valence-electron chi connectivity index (χ1n) is 6.14. The van der Waals surface area contributed by atoms with Crippen LogP contribution in [0, 0.1) is 0 Å². The van der Waals surface area contributed by atoms with Gasteiger partial charge in [0.25, 0.3) is 0 Å². The van der Waals surface area contributed by atoms with Crippen LogP contribution in [-0.2, 0) is 11.2 Å². The Morgan fingerprint density at radius 2 is 2.21 bits per heavy atom. The number of rotatable bonds is 4. The summed E-state index contributed by atoms with van der Waals surface area (Å²) in [6, 6.07) is 5.48. The Kier molecular flexibility index (Phi) is 3.79. The molecule has 100 valence electrons. The van der Waals surface area contributed by atoms with Crippen LogP contribution in [0.2, 0.25) is 0 Å². The van der Waals surface area contributed by atoms with Gasteiger partial charge >= 0.3 is 5.97 Å². The van der Waals surface area contributed by atoms with E-state index in [4.69, 9.17) is 10.5 Å². The van der Waals surface area contributed by atoms with Crippen LogP contribution in [0.1, 0.15) is 30.2 Å². The van der Waals surface area contributed by atoms with Crippen LogP contribution in [0.3, 0.4) is 0 Å². The van der Waals surface area contributed by atoms with E-state index in [9.17, 15) is 4.79 Å². The van der Waals surface area contributed by atoms with E-state index in [-0.39, 0.29) is 18.1 Å². The zero-order valence-electron chi connectivity index (χ0n) is 11.0. The molecule has 0 bridgehead atoms. The van der Waals surface area contributed by atoms with E-state index in [1.807, 2.05) is 25.1 Å². The van der Waals surface area contributed by atoms with Crippen molar-refractivity contribution in [2.45, 2.75) is 20.3 Å². The summed E-state index contributed by atoms with van der Waals surface area (Å²) >= 11 is 0. The molecule has 0 aliphatic rings. The second kappa shape index (κ2) is 5.51. The van der Waals surface area contributed by atoms with Crippen molar-refractivity contribution in [3.63, 3.8) is 0 Å². The van der Waals surface area contributed by atoms with E-state index < -0.39 is 5.97 Å². The van der Waals surface area contributed by atoms with E-state index >= 15 is 0 Å². The Morgan fingerprint density at radius 3 is 2.79 bits per heavy atom. The first-order valence-corrected chi connectivity index (χ1v) is 6.14. The molecule has 0 fully saturated rings. The van der Waals surface area contributed by atoms with E-state index in [2.05, 4.69) is 9.97 Å². The minimum Gasteiger partial charge on any atom is -0.461 e. The summed E-state index contributed by atoms with van der Waals surface area (Å²) in [5.74, 6) is 1.07. The van der Waals surface area contributed by atoms with Crippen molar-refractivity contribution in [3.05, 3.63) is 35.9 Å². The Hall–Kier alpha value is -2.37. The lowest BCUT2D eigenvalue weighted by Crippen LogP contribution is -2.10. The summed E-state index contributed by atoms with van der Waals surface area (Å²) < 4.78 is 6.62. The smallest absolute Gasteiger partial charge is 0.360 e. The highest BCUT2D eigenvalue weighted by Crippen LogP contribution is 2.20. The molecule has 0 aliphatic heterocycles. The topological polar surface area (TPSA) is 83.0 Å². The van der Waals surface area contributed by atoms with Crippen LogP contribution < -0.4 is 5.73 Å². The van der Waals surface area contributed by atoms with E-state index in [0.29, 0.717) is 18.1 Å². The summed E-state index contributed by atoms with van der Waals surface area (Å²) in [5, 5.41) is 0. The van der Waals surface area contributed by atoms with Crippen LogP contribution >= 0.6 is 0 Å². The van der Waals surface area contributed by atoms with Gasteiger partial charge in [0.1, 0.15) is 17.5 Å². The summed E-state index contributed by atoms with van der Waals surface area (Å²) in [6.45, 7) is 3.97. The minimum absolute atomic E-state index is 0.143. The maximum absolute atomic E-state index is 11.8. The van der Waals surface area contributed by atoms with Gasteiger partial charge in [-0.05, 0) is 19.1 Å². The molecule has 0 saturated carbocycles. The molecule has 0 aliphatic carbocycles. The van der Waals surface area contributed by atoms with Crippen LogP contribution in [0.25, 0.3) is 5.82 Å². The van der Waals surface area contributed by atoms with Gasteiger partial charge in [0.15, 0.2) is 5.69 Å². The summed E-state index contributed by atoms with van der Waals surface area (Å²) in [6.07, 6.45) is 2.30. The number of esters is 1. The highest BCUT2D eigenvalue weighted by molar-refractivity contribution is 5.92. The number of aryl methyl sites for hydroxylation is 1. The SMILES string of the molecule is CCOC(=O)c1nc(CC)n(-c2ccccn2)c1N. The monoisotopic (exact) mass is 260 g/mol. The lowest BCUT2D eigenvalue weighted by atomic mass is 10.4. The average Bonchev–Trinajstić information content (AvgIpc) is 2.77. The molecular weight excluding hydrogens is 244 g/mol. The molecule has 0 atom stereocenters. The van der Waals surface area contributed by atoms with Gasteiger partial charge in [-0.3, -0.25) is 4.57 Å². The first-order chi connectivity index (χ1) is 9.19. The van der Waals surface area contributed by atoms with Gasteiger partial charge in [-0.1, -0.05) is 13.0 Å². The van der Waals surface area contributed by atoms with Crippen molar-refractivity contribution in [1.82, 2.24) is 14.5 Å². The van der Waals surface area contributed by atoms with Gasteiger partial charge in [-0.25, -0.2) is 14.8 Å². The van der Waals surface area contributed by atoms with Gasteiger partial charge in [0, 0.05) is 12.6 Å². The zero-order valence-corrected chi connectivity index (χ0v) is 11.0. The number of anilines is 1. The van der Waals surface area contributed by atoms with Gasteiger partial charge < -0.3 is 10.5 Å². The van der Waals surface area contributed by atoms with Crippen LogP contribution in [-0.4, -0.2) is 27.1 Å². The maximum Gasteiger partial charge on any atom is 0.360 e. The standard InChI is InChI=1S/C13H16N4O2/c1-3-9-16-11(13(18)19-4-2)12(14)17(9)10-7-5-6-8-15-10/h5-8H,3-4,14H2,1-2H3. The Morgan fingerprint density at radius 1 is 1.42 bits per heavy atom. The Bertz CT molecular complexity index is 578. The molecule has 6 heteroatoms. The minimum atomic E-state index is -0.510. The van der Waals surface area contributed by atoms with Gasteiger partial charge in [-0.2, -0.15) is 0 Å². The molecule has 2 aromatic heterocycles. The van der Waals surface area contributed by atoms with Crippen molar-refractivity contribution in [1.29, 1.82) is 0 Å². The molecule has 0 saturated heterocycles. The Labute approximate surface area is 111 Å². The number of pyridine rings is 1. The highest BCUT2D eigenvalue weighted by Gasteiger charge is 2.21. The van der Waals surface area contributed by atoms with Gasteiger partial charge in [-0.15, -0.1) is 0 Å². The maximum atomic E-state index is 11.8. The molecule has 0 amide bonds. The molecule has 19 heavy (non-hydrogen) atoms. The van der Waals surface area contributed by atoms with E-state index in [1.54, 1.807) is 17.7 Å². The highest BCUT2D eigenvalue weighted by atomic mass is 16.5. The van der Waals surface area contributed by atoms with Crippen LogP contribution in [0.15, 0.2) is 24.4 Å². The van der Waals surface area contributed by atoms with Crippen molar-refractivity contribution < 1.29 is 9.53 Å². The molecular formula is C13H16N4O2. The van der Waals surface area contributed by atoms with Crippen LogP contribution in [0.4, 0.5) is 5.82 Å². The number of ether oxygens (including phenoxy) is 1. The number of carbonyl (C=O) groups excluding carboxylic acids is 1. The fraction of sp³-hybridized carbons (Fsp3) is 0.308. The third kappa shape index (κ3) is 2.42. The predicted molar refractivity (Wildman–Crippen MR) is 71.1 cm³/mol.